The Bertz CT molecular complexity index is 3550. The zero-order valence-corrected chi connectivity index (χ0v) is 62.7. The highest BCUT2D eigenvalue weighted by Crippen LogP contribution is 2.35. The van der Waals surface area contributed by atoms with Gasteiger partial charge in [0.2, 0.25) is 11.8 Å². The lowest BCUT2D eigenvalue weighted by molar-refractivity contribution is -0.139. The number of nitrogens with zero attached hydrogens (tertiary/aromatic N) is 9. The van der Waals surface area contributed by atoms with Crippen LogP contribution in [0, 0.1) is 29.6 Å². The normalized spacial score (nSPS) is 18.9. The average molecular weight is 1470 g/mol. The van der Waals surface area contributed by atoms with E-state index in [1.165, 1.54) is 24.6 Å². The summed E-state index contributed by atoms with van der Waals surface area (Å²) in [4.78, 5) is 76.3. The molecule has 7 N–H and O–H groups in total. The molecule has 2 aromatic carbocycles. The van der Waals surface area contributed by atoms with E-state index in [1.807, 2.05) is 52.6 Å². The molecule has 580 valence electrons. The van der Waals surface area contributed by atoms with Gasteiger partial charge in [-0.3, -0.25) is 19.2 Å². The zero-order chi connectivity index (χ0) is 74.5. The minimum Gasteiger partial charge on any atom is -0.465 e. The highest BCUT2D eigenvalue weighted by Gasteiger charge is 2.36. The number of hydrogen-bond acceptors (Lipinski definition) is 24. The van der Waals surface area contributed by atoms with Crippen LogP contribution in [-0.2, 0) is 81.4 Å². The molecular formula is C77H116N12O16. The molecule has 0 radical (unpaired) electrons. The minimum atomic E-state index is -1.01. The molecule has 3 aromatic heterocycles. The van der Waals surface area contributed by atoms with Crippen LogP contribution >= 0.6 is 0 Å². The van der Waals surface area contributed by atoms with Crippen LogP contribution in [0.4, 0.5) is 11.8 Å². The van der Waals surface area contributed by atoms with Crippen molar-refractivity contribution in [3.63, 3.8) is 0 Å². The first-order valence-corrected chi connectivity index (χ1v) is 38.1. The van der Waals surface area contributed by atoms with Gasteiger partial charge in [-0.1, -0.05) is 57.1 Å². The number of hydrogen-bond donors (Lipinski definition) is 5. The van der Waals surface area contributed by atoms with Crippen molar-refractivity contribution >= 4 is 63.9 Å². The van der Waals surface area contributed by atoms with E-state index in [4.69, 9.17) is 63.7 Å². The molecule has 5 atom stereocenters. The van der Waals surface area contributed by atoms with Gasteiger partial charge in [0.25, 0.3) is 18.4 Å². The summed E-state index contributed by atoms with van der Waals surface area (Å²) in [7, 11) is 1.53. The van der Waals surface area contributed by atoms with Gasteiger partial charge in [0.15, 0.2) is 17.8 Å². The van der Waals surface area contributed by atoms with Gasteiger partial charge in [0.05, 0.1) is 109 Å². The highest BCUT2D eigenvalue weighted by atomic mass is 16.6. The van der Waals surface area contributed by atoms with E-state index >= 15 is 0 Å². The van der Waals surface area contributed by atoms with Crippen LogP contribution < -0.4 is 16.8 Å². The van der Waals surface area contributed by atoms with Crippen LogP contribution in [0.1, 0.15) is 141 Å². The quantitative estimate of drug-likeness (QED) is 0.00819. The zero-order valence-electron chi connectivity index (χ0n) is 62.7. The average Bonchev–Trinajstić information content (AvgIpc) is 1.60. The number of nitrogen functional groups attached to an aromatic ring is 2. The van der Waals surface area contributed by atoms with Crippen molar-refractivity contribution in [3.8, 4) is 11.3 Å². The maximum atomic E-state index is 14.0. The summed E-state index contributed by atoms with van der Waals surface area (Å²) >= 11 is 0. The number of likely N-dealkylation sites (tertiary alicyclic amines) is 2. The Balaban J connectivity index is 0.538. The van der Waals surface area contributed by atoms with Crippen LogP contribution in [0.5, 0.6) is 0 Å². The van der Waals surface area contributed by atoms with Crippen LogP contribution in [0.15, 0.2) is 63.9 Å². The van der Waals surface area contributed by atoms with Gasteiger partial charge in [0.1, 0.15) is 41.7 Å². The topological polar surface area (TPSA) is 348 Å². The number of nitrogens with two attached hydrogens (primary N) is 2. The third kappa shape index (κ3) is 25.4. The molecule has 1 saturated carbocycles. The molecule has 2 saturated heterocycles. The van der Waals surface area contributed by atoms with Gasteiger partial charge in [-0.25, -0.2) is 14.6 Å². The molecule has 3 aliphatic heterocycles. The number of aromatic nitrogens is 5. The third-order valence-electron chi connectivity index (χ3n) is 20.7. The monoisotopic (exact) mass is 1460 g/mol. The number of methoxy groups -OCH3 is 1. The van der Waals surface area contributed by atoms with Crippen molar-refractivity contribution in [3.05, 3.63) is 71.1 Å². The fraction of sp³-hybridized carbons (Fsp3) is 0.675. The van der Waals surface area contributed by atoms with E-state index in [-0.39, 0.29) is 73.5 Å². The van der Waals surface area contributed by atoms with E-state index in [9.17, 15) is 29.4 Å². The molecular weight excluding hydrogens is 1350 g/mol. The Hall–Kier alpha value is -7.25. The summed E-state index contributed by atoms with van der Waals surface area (Å²) in [6, 6.07) is 12.6. The Labute approximate surface area is 617 Å². The molecule has 3 fully saturated rings. The Morgan fingerprint density at radius 1 is 0.771 bits per heavy atom. The van der Waals surface area contributed by atoms with Gasteiger partial charge in [-0.15, -0.1) is 0 Å². The number of oxime groups is 1. The number of fused-ring (bicyclic) bond motifs is 3. The first-order valence-electron chi connectivity index (χ1n) is 38.1. The molecule has 105 heavy (non-hydrogen) atoms. The Morgan fingerprint density at radius 3 is 2.11 bits per heavy atom. The number of piperidine rings is 2. The Morgan fingerprint density at radius 2 is 1.45 bits per heavy atom. The Kier molecular flexibility index (Phi) is 33.4. The van der Waals surface area contributed by atoms with Crippen molar-refractivity contribution in [1.29, 1.82) is 0 Å². The molecule has 0 unspecified atom stereocenters. The molecule has 28 nitrogen and oxygen atoms in total. The predicted octanol–water partition coefficient (Wildman–Crippen LogP) is 7.71. The summed E-state index contributed by atoms with van der Waals surface area (Å²) in [5, 5.41) is 34.3. The van der Waals surface area contributed by atoms with E-state index in [0.717, 1.165) is 126 Å². The van der Waals surface area contributed by atoms with E-state index in [2.05, 4.69) is 69.3 Å². The summed E-state index contributed by atoms with van der Waals surface area (Å²) in [6.07, 6.45) is 13.7. The smallest absolute Gasteiger partial charge is 0.293 e. The van der Waals surface area contributed by atoms with Crippen LogP contribution in [-0.4, -0.2) is 242 Å². The largest absolute Gasteiger partial charge is 0.465 e. The molecule has 6 heterocycles. The number of oxazole rings is 1. The number of carbonyl (C=O) groups excluding carboxylic acids is 4. The SMILES string of the molecule is CO[C@@H](/C(=N/OCC(=O)NCCOCCOCCOCCOCCOCCOCCC(=O)N1CCC(N2CCC(C(=O)N3CCc4cc(Cn5nc(-c6ccc7oc(N)nc7c6)c6c(N)ncnc65)ccc4C3)CC2)CC1)[C@H](C)CC(C)C)[C@H](O)/C(C)=C/[C@@H](C)CC[C@@H](CC[C@H]1CC[C@H](O)CC1)OC=O. The lowest BCUT2D eigenvalue weighted by Crippen LogP contribution is -2.50. The van der Waals surface area contributed by atoms with Crippen LogP contribution in [0.3, 0.4) is 0 Å². The number of carbonyl (C=O) groups is 4. The molecule has 9 rings (SSSR count). The molecule has 0 spiro atoms. The highest BCUT2D eigenvalue weighted by molar-refractivity contribution is 5.99. The number of amides is 3. The number of benzene rings is 2. The van der Waals surface area contributed by atoms with Crippen molar-refractivity contribution in [2.75, 3.05) is 144 Å². The molecule has 1 aliphatic carbocycles. The third-order valence-corrected chi connectivity index (χ3v) is 20.7. The van der Waals surface area contributed by atoms with E-state index in [1.54, 1.807) is 0 Å². The lowest BCUT2D eigenvalue weighted by atomic mass is 9.83. The number of allylic oxidation sites excluding steroid dienone is 1. The van der Waals surface area contributed by atoms with Gasteiger partial charge in [-0.2, -0.15) is 10.1 Å². The number of ether oxygens (including phenoxy) is 8. The molecule has 3 amide bonds. The van der Waals surface area contributed by atoms with Gasteiger partial charge in [-0.05, 0) is 168 Å². The number of aliphatic hydroxyl groups excluding tert-OH is 2. The minimum absolute atomic E-state index is 0.0110. The molecule has 28 heteroatoms. The van der Waals surface area contributed by atoms with Crippen molar-refractivity contribution < 1.29 is 76.5 Å². The number of nitrogens with one attached hydrogen (secondary N) is 1. The summed E-state index contributed by atoms with van der Waals surface area (Å²) in [5.41, 5.74) is 20.2. The first-order chi connectivity index (χ1) is 50.9. The summed E-state index contributed by atoms with van der Waals surface area (Å²) in [6.45, 7) is 20.3. The second kappa shape index (κ2) is 42.9. The second-order valence-electron chi connectivity index (χ2n) is 29.0. The fourth-order valence-corrected chi connectivity index (χ4v) is 14.9. The van der Waals surface area contributed by atoms with Gasteiger partial charge >= 0.3 is 0 Å². The lowest BCUT2D eigenvalue weighted by Gasteiger charge is -2.42. The van der Waals surface area contributed by atoms with E-state index in [0.29, 0.717) is 169 Å². The molecule has 5 aromatic rings. The van der Waals surface area contributed by atoms with Crippen LogP contribution in [0.25, 0.3) is 33.4 Å². The van der Waals surface area contributed by atoms with Gasteiger partial charge < -0.3 is 88.8 Å². The maximum absolute atomic E-state index is 14.0. The number of rotatable bonds is 45. The molecule has 4 aliphatic rings. The van der Waals surface area contributed by atoms with Crippen molar-refractivity contribution in [2.45, 2.75) is 174 Å². The molecule has 0 bridgehead atoms. The predicted molar refractivity (Wildman–Crippen MR) is 397 cm³/mol. The summed E-state index contributed by atoms with van der Waals surface area (Å²) < 4.78 is 52.5. The first kappa shape index (κ1) is 81.8. The standard InChI is InChI=1S/C77H116N12O16/c1-52(2)43-54(4)70(73(96-6)72(94)55(5)44-53(3)7-16-64(103-51-90)17-11-56-9-14-63(91)15-10-56)85-104-49-67(92)80-25-32-98-34-36-100-38-40-102-42-41-101-39-37-99-35-33-97-31-24-68(93)87-29-22-62(23-30-87)86-26-19-58(20-27-86)76(95)88-28-21-59-45-57(8-12-61(59)48-88)47-89-75-69(74(78)81-50-82-75)71(84-89)60-13-18-66-65(46-60)83-77(79)105-66/h8,12-13,18,44-46,50-54,56,58,62-64,72-73,91,94H,7,9-11,14-17,19-43,47-49H2,1-6H3,(H2,79,83)(H,80,92)(H2,78,81,82)/b55-44+,85-70+/t53-,54+,56-,63-,64-,72+,73-/m0/s1. The number of aliphatic hydroxyl groups is 2. The fourth-order valence-electron chi connectivity index (χ4n) is 14.9. The summed E-state index contributed by atoms with van der Waals surface area (Å²) in [5.74, 6) is 1.23. The van der Waals surface area contributed by atoms with Gasteiger partial charge in [0, 0.05) is 63.3 Å². The van der Waals surface area contributed by atoms with Crippen LogP contribution in [0.2, 0.25) is 0 Å². The maximum Gasteiger partial charge on any atom is 0.293 e. The second-order valence-corrected chi connectivity index (χ2v) is 29.0. The van der Waals surface area contributed by atoms with Crippen molar-refractivity contribution in [2.24, 2.45) is 34.7 Å². The van der Waals surface area contributed by atoms with E-state index < -0.39 is 12.2 Å². The van der Waals surface area contributed by atoms with Crippen molar-refractivity contribution in [1.82, 2.24) is 44.7 Å². The number of anilines is 2.